The monoisotopic (exact) mass is 416 g/mol. The first-order chi connectivity index (χ1) is 14.3. The summed E-state index contributed by atoms with van der Waals surface area (Å²) in [6, 6.07) is 0. The van der Waals surface area contributed by atoms with Gasteiger partial charge in [-0.05, 0) is 91.3 Å². The van der Waals surface area contributed by atoms with Crippen molar-refractivity contribution < 1.29 is 9.53 Å². The zero-order valence-electron chi connectivity index (χ0n) is 20.6. The van der Waals surface area contributed by atoms with E-state index in [0.29, 0.717) is 23.9 Å². The van der Waals surface area contributed by atoms with E-state index < -0.39 is 0 Å². The number of ether oxygens (including phenoxy) is 1. The summed E-state index contributed by atoms with van der Waals surface area (Å²) in [5.41, 5.74) is 0.680. The van der Waals surface area contributed by atoms with E-state index in [-0.39, 0.29) is 17.3 Å². The van der Waals surface area contributed by atoms with Crippen LogP contribution in [-0.4, -0.2) is 12.6 Å². The number of carbonyl (C=O) groups is 1. The highest BCUT2D eigenvalue weighted by Gasteiger charge is 2.60. The van der Waals surface area contributed by atoms with Crippen LogP contribution < -0.4 is 0 Å². The number of cyclic esters (lactones) is 1. The van der Waals surface area contributed by atoms with E-state index in [2.05, 4.69) is 34.6 Å². The molecule has 0 bridgehead atoms. The van der Waals surface area contributed by atoms with Gasteiger partial charge in [0.15, 0.2) is 0 Å². The summed E-state index contributed by atoms with van der Waals surface area (Å²) in [6.07, 6.45) is 15.9. The molecular formula is C28H48O2. The first-order valence-corrected chi connectivity index (χ1v) is 13.5. The molecule has 3 saturated carbocycles. The fraction of sp³-hybridized carbons (Fsp3) is 0.964. The van der Waals surface area contributed by atoms with Crippen molar-refractivity contribution in [2.75, 3.05) is 6.61 Å². The van der Waals surface area contributed by atoms with E-state index in [4.69, 9.17) is 4.74 Å². The standard InChI is InChI=1S/C28H48O2/c1-6-20(19(2)3)10-9-11-21-13-14-23-22-18-30-26(29)25-12-7-8-16-28(25,5)24(22)15-17-27(21,23)4/h19-25H,6-18H2,1-5H3. The Morgan fingerprint density at radius 1 is 1.00 bits per heavy atom. The van der Waals surface area contributed by atoms with Gasteiger partial charge in [0.05, 0.1) is 12.5 Å². The number of rotatable bonds is 6. The van der Waals surface area contributed by atoms with Gasteiger partial charge in [0, 0.05) is 0 Å². The van der Waals surface area contributed by atoms with Crippen molar-refractivity contribution in [1.29, 1.82) is 0 Å². The van der Waals surface area contributed by atoms with Crippen LogP contribution in [0.3, 0.4) is 0 Å². The third-order valence-electron chi connectivity index (χ3n) is 11.0. The minimum atomic E-state index is 0.141. The van der Waals surface area contributed by atoms with E-state index in [1.54, 1.807) is 0 Å². The molecular weight excluding hydrogens is 368 g/mol. The third kappa shape index (κ3) is 3.77. The SMILES string of the molecule is CCC(CCCC1CCC2C3COC(=O)C4CCCCC4(C)C3CCC12C)C(C)C. The number of fused-ring (bicyclic) bond motifs is 5. The molecule has 0 N–H and O–H groups in total. The normalized spacial score (nSPS) is 44.6. The van der Waals surface area contributed by atoms with Gasteiger partial charge in [-0.3, -0.25) is 4.79 Å². The summed E-state index contributed by atoms with van der Waals surface area (Å²) in [5, 5.41) is 0. The summed E-state index contributed by atoms with van der Waals surface area (Å²) < 4.78 is 6.01. The van der Waals surface area contributed by atoms with Gasteiger partial charge >= 0.3 is 5.97 Å². The quantitative estimate of drug-likeness (QED) is 0.416. The van der Waals surface area contributed by atoms with E-state index in [1.807, 2.05) is 0 Å². The van der Waals surface area contributed by atoms with E-state index >= 15 is 0 Å². The largest absolute Gasteiger partial charge is 0.465 e. The number of carbonyl (C=O) groups excluding carboxylic acids is 1. The van der Waals surface area contributed by atoms with Crippen LogP contribution in [-0.2, 0) is 9.53 Å². The van der Waals surface area contributed by atoms with Crippen LogP contribution in [0.2, 0.25) is 0 Å². The molecule has 4 aliphatic rings. The number of hydrogen-bond donors (Lipinski definition) is 0. The molecule has 8 unspecified atom stereocenters. The molecule has 1 saturated heterocycles. The van der Waals surface area contributed by atoms with Gasteiger partial charge in [-0.2, -0.15) is 0 Å². The highest BCUT2D eigenvalue weighted by molar-refractivity contribution is 5.74. The van der Waals surface area contributed by atoms with Gasteiger partial charge in [-0.25, -0.2) is 0 Å². The molecule has 2 heteroatoms. The van der Waals surface area contributed by atoms with Gasteiger partial charge in [0.25, 0.3) is 0 Å². The van der Waals surface area contributed by atoms with Gasteiger partial charge in [-0.1, -0.05) is 66.7 Å². The molecule has 4 fully saturated rings. The predicted octanol–water partition coefficient (Wildman–Crippen LogP) is 7.65. The van der Waals surface area contributed by atoms with Crippen LogP contribution in [0.5, 0.6) is 0 Å². The molecule has 4 rings (SSSR count). The van der Waals surface area contributed by atoms with Crippen molar-refractivity contribution in [3.8, 4) is 0 Å². The first kappa shape index (κ1) is 22.7. The Bertz CT molecular complexity index is 612. The Hall–Kier alpha value is -0.530. The molecule has 0 aromatic rings. The molecule has 3 aliphatic carbocycles. The minimum Gasteiger partial charge on any atom is -0.465 e. The summed E-state index contributed by atoms with van der Waals surface area (Å²) >= 11 is 0. The minimum absolute atomic E-state index is 0.141. The Kier molecular flexibility index (Phi) is 6.63. The second-order valence-corrected chi connectivity index (χ2v) is 12.5. The molecule has 30 heavy (non-hydrogen) atoms. The first-order valence-electron chi connectivity index (χ1n) is 13.5. The van der Waals surface area contributed by atoms with Crippen molar-refractivity contribution in [3.05, 3.63) is 0 Å². The average Bonchev–Trinajstić information content (AvgIpc) is 2.99. The summed E-state index contributed by atoms with van der Waals surface area (Å²) in [4.78, 5) is 12.9. The molecule has 0 aromatic carbocycles. The highest BCUT2D eigenvalue weighted by atomic mass is 16.5. The smallest absolute Gasteiger partial charge is 0.309 e. The van der Waals surface area contributed by atoms with Crippen LogP contribution in [0.25, 0.3) is 0 Å². The topological polar surface area (TPSA) is 26.3 Å². The fourth-order valence-corrected chi connectivity index (χ4v) is 9.03. The number of hydrogen-bond acceptors (Lipinski definition) is 2. The van der Waals surface area contributed by atoms with Gasteiger partial charge < -0.3 is 4.74 Å². The lowest BCUT2D eigenvalue weighted by Crippen LogP contribution is -2.49. The van der Waals surface area contributed by atoms with Gasteiger partial charge in [0.1, 0.15) is 0 Å². The summed E-state index contributed by atoms with van der Waals surface area (Å²) in [5.74, 6) is 5.02. The van der Waals surface area contributed by atoms with E-state index in [0.717, 1.165) is 30.1 Å². The molecule has 0 amide bonds. The lowest BCUT2D eigenvalue weighted by molar-refractivity contribution is -0.153. The molecule has 2 nitrogen and oxygen atoms in total. The molecule has 1 aliphatic heterocycles. The van der Waals surface area contributed by atoms with Crippen molar-refractivity contribution >= 4 is 5.97 Å². The van der Waals surface area contributed by atoms with Crippen LogP contribution in [0.15, 0.2) is 0 Å². The zero-order chi connectivity index (χ0) is 21.5. The summed E-state index contributed by atoms with van der Waals surface area (Å²) in [6.45, 7) is 13.0. The van der Waals surface area contributed by atoms with E-state index in [1.165, 1.54) is 70.6 Å². The lowest BCUT2D eigenvalue weighted by atomic mass is 9.49. The Labute approximate surface area is 186 Å². The van der Waals surface area contributed by atoms with Crippen LogP contribution in [0, 0.1) is 52.3 Å². The molecule has 1 heterocycles. The average molecular weight is 417 g/mol. The van der Waals surface area contributed by atoms with Crippen LogP contribution >= 0.6 is 0 Å². The fourth-order valence-electron chi connectivity index (χ4n) is 9.03. The molecule has 0 spiro atoms. The maximum Gasteiger partial charge on any atom is 0.309 e. The Morgan fingerprint density at radius 3 is 2.50 bits per heavy atom. The molecule has 172 valence electrons. The van der Waals surface area contributed by atoms with Crippen LogP contribution in [0.1, 0.15) is 112 Å². The van der Waals surface area contributed by atoms with E-state index in [9.17, 15) is 4.79 Å². The molecule has 0 aromatic heterocycles. The zero-order valence-corrected chi connectivity index (χ0v) is 20.6. The van der Waals surface area contributed by atoms with Gasteiger partial charge in [-0.15, -0.1) is 0 Å². The molecule has 8 atom stereocenters. The van der Waals surface area contributed by atoms with Gasteiger partial charge in [0.2, 0.25) is 0 Å². The summed E-state index contributed by atoms with van der Waals surface area (Å²) in [7, 11) is 0. The second-order valence-electron chi connectivity index (χ2n) is 12.5. The van der Waals surface area contributed by atoms with Crippen molar-refractivity contribution in [2.24, 2.45) is 52.3 Å². The maximum atomic E-state index is 12.9. The Morgan fingerprint density at radius 2 is 1.77 bits per heavy atom. The second kappa shape index (κ2) is 8.78. The van der Waals surface area contributed by atoms with Crippen molar-refractivity contribution in [3.63, 3.8) is 0 Å². The van der Waals surface area contributed by atoms with Crippen molar-refractivity contribution in [2.45, 2.75) is 112 Å². The van der Waals surface area contributed by atoms with Crippen LogP contribution in [0.4, 0.5) is 0 Å². The highest BCUT2D eigenvalue weighted by Crippen LogP contribution is 2.65. The predicted molar refractivity (Wildman–Crippen MR) is 124 cm³/mol. The Balaban J connectivity index is 1.47. The third-order valence-corrected chi connectivity index (χ3v) is 11.0. The van der Waals surface area contributed by atoms with Crippen molar-refractivity contribution in [1.82, 2.24) is 0 Å². The molecule has 0 radical (unpaired) electrons. The lowest BCUT2D eigenvalue weighted by Gasteiger charge is -2.54. The number of esters is 1. The maximum absolute atomic E-state index is 12.9.